The normalized spacial score (nSPS) is 17.4. The fourth-order valence-electron chi connectivity index (χ4n) is 3.52. The molecule has 2 N–H and O–H groups in total. The zero-order valence-electron chi connectivity index (χ0n) is 17.0. The Morgan fingerprint density at radius 1 is 1.31 bits per heavy atom. The number of aryl methyl sites for hydroxylation is 1. The van der Waals surface area contributed by atoms with Crippen LogP contribution in [0.15, 0.2) is 36.8 Å². The van der Waals surface area contributed by atoms with Gasteiger partial charge in [-0.2, -0.15) is 0 Å². The number of benzene rings is 1. The van der Waals surface area contributed by atoms with Crippen LogP contribution in [0, 0.1) is 6.92 Å². The lowest BCUT2D eigenvalue weighted by Gasteiger charge is -2.30. The number of likely N-dealkylation sites (N-methyl/N-ethyl adjacent to an activating group) is 1. The van der Waals surface area contributed by atoms with Gasteiger partial charge in [-0.15, -0.1) is 0 Å². The van der Waals surface area contributed by atoms with Gasteiger partial charge in [0.25, 0.3) is 0 Å². The molecule has 0 saturated carbocycles. The van der Waals surface area contributed by atoms with E-state index in [0.29, 0.717) is 17.4 Å². The van der Waals surface area contributed by atoms with Crippen LogP contribution in [0.5, 0.6) is 5.75 Å². The average Bonchev–Trinajstić information content (AvgIpc) is 3.17. The van der Waals surface area contributed by atoms with Gasteiger partial charge in [0.1, 0.15) is 17.4 Å². The molecule has 0 radical (unpaired) electrons. The minimum atomic E-state index is 0.139. The molecule has 8 heteroatoms. The van der Waals surface area contributed by atoms with E-state index in [1.807, 2.05) is 37.5 Å². The first kappa shape index (κ1) is 19.4. The summed E-state index contributed by atoms with van der Waals surface area (Å²) >= 11 is 0. The summed E-state index contributed by atoms with van der Waals surface area (Å²) in [6.45, 7) is 5.25. The van der Waals surface area contributed by atoms with Crippen molar-refractivity contribution in [2.24, 2.45) is 0 Å². The Labute approximate surface area is 170 Å². The van der Waals surface area contributed by atoms with E-state index in [-0.39, 0.29) is 6.10 Å². The number of nitrogens with zero attached hydrogens (tertiary/aromatic N) is 5. The molecule has 1 saturated heterocycles. The molecule has 1 aliphatic heterocycles. The molecular weight excluding hydrogens is 368 g/mol. The van der Waals surface area contributed by atoms with E-state index in [4.69, 9.17) is 15.2 Å². The van der Waals surface area contributed by atoms with E-state index in [2.05, 4.69) is 31.5 Å². The van der Waals surface area contributed by atoms with E-state index in [1.54, 1.807) is 13.3 Å². The molecule has 1 aliphatic rings. The van der Waals surface area contributed by atoms with E-state index in [9.17, 15) is 0 Å². The SMILES string of the molecule is COc1ccc(-c2nccn2CC2CN(C)CCO2)cc1-c1ncc(C)c(N)n1. The Balaban J connectivity index is 1.68. The van der Waals surface area contributed by atoms with E-state index < -0.39 is 0 Å². The topological polar surface area (TPSA) is 91.3 Å². The van der Waals surface area contributed by atoms with Crippen molar-refractivity contribution in [1.82, 2.24) is 24.4 Å². The largest absolute Gasteiger partial charge is 0.496 e. The molecule has 3 aromatic rings. The lowest BCUT2D eigenvalue weighted by atomic mass is 10.1. The summed E-state index contributed by atoms with van der Waals surface area (Å²) in [6.07, 6.45) is 5.66. The Morgan fingerprint density at radius 3 is 2.93 bits per heavy atom. The summed E-state index contributed by atoms with van der Waals surface area (Å²) in [6, 6.07) is 5.90. The van der Waals surface area contributed by atoms with Crippen LogP contribution in [0.3, 0.4) is 0 Å². The molecule has 0 bridgehead atoms. The van der Waals surface area contributed by atoms with E-state index >= 15 is 0 Å². The summed E-state index contributed by atoms with van der Waals surface area (Å²) in [5.41, 5.74) is 8.57. The molecular formula is C21H26N6O2. The van der Waals surface area contributed by atoms with Crippen molar-refractivity contribution in [3.63, 3.8) is 0 Å². The van der Waals surface area contributed by atoms with Gasteiger partial charge in [-0.25, -0.2) is 15.0 Å². The van der Waals surface area contributed by atoms with Crippen LogP contribution in [-0.2, 0) is 11.3 Å². The number of hydrogen-bond acceptors (Lipinski definition) is 7. The first-order valence-electron chi connectivity index (χ1n) is 9.64. The minimum Gasteiger partial charge on any atom is -0.496 e. The molecule has 1 fully saturated rings. The molecule has 4 rings (SSSR count). The van der Waals surface area contributed by atoms with Crippen molar-refractivity contribution >= 4 is 5.82 Å². The van der Waals surface area contributed by atoms with Crippen molar-refractivity contribution in [1.29, 1.82) is 0 Å². The molecule has 8 nitrogen and oxygen atoms in total. The Bertz CT molecular complexity index is 1000. The van der Waals surface area contributed by atoms with Crippen LogP contribution in [0.1, 0.15) is 5.56 Å². The van der Waals surface area contributed by atoms with Gasteiger partial charge < -0.3 is 24.7 Å². The zero-order chi connectivity index (χ0) is 20.4. The first-order chi connectivity index (χ1) is 14.0. The third kappa shape index (κ3) is 4.08. The van der Waals surface area contributed by atoms with Crippen molar-refractivity contribution in [2.45, 2.75) is 19.6 Å². The first-order valence-corrected chi connectivity index (χ1v) is 9.64. The smallest absolute Gasteiger partial charge is 0.165 e. The highest BCUT2D eigenvalue weighted by atomic mass is 16.5. The van der Waals surface area contributed by atoms with E-state index in [0.717, 1.165) is 48.8 Å². The molecule has 1 unspecified atom stereocenters. The molecule has 1 aromatic carbocycles. The molecule has 152 valence electrons. The molecule has 0 aliphatic carbocycles. The third-order valence-corrected chi connectivity index (χ3v) is 5.17. The number of hydrogen-bond donors (Lipinski definition) is 1. The summed E-state index contributed by atoms with van der Waals surface area (Å²) in [7, 11) is 3.75. The number of aromatic nitrogens is 4. The highest BCUT2D eigenvalue weighted by molar-refractivity contribution is 5.72. The number of ether oxygens (including phenoxy) is 2. The van der Waals surface area contributed by atoms with Gasteiger partial charge in [-0.1, -0.05) is 0 Å². The quantitative estimate of drug-likeness (QED) is 0.709. The van der Waals surface area contributed by atoms with Crippen molar-refractivity contribution < 1.29 is 9.47 Å². The lowest BCUT2D eigenvalue weighted by Crippen LogP contribution is -2.41. The van der Waals surface area contributed by atoms with Gasteiger partial charge in [0.2, 0.25) is 0 Å². The maximum Gasteiger partial charge on any atom is 0.165 e. The van der Waals surface area contributed by atoms with Gasteiger partial charge in [0, 0.05) is 42.8 Å². The highest BCUT2D eigenvalue weighted by Gasteiger charge is 2.20. The van der Waals surface area contributed by atoms with Crippen LogP contribution in [-0.4, -0.2) is 64.4 Å². The van der Waals surface area contributed by atoms with Crippen LogP contribution in [0.4, 0.5) is 5.82 Å². The predicted molar refractivity (Wildman–Crippen MR) is 112 cm³/mol. The fourth-order valence-corrected chi connectivity index (χ4v) is 3.52. The summed E-state index contributed by atoms with van der Waals surface area (Å²) in [5.74, 6) is 2.54. The average molecular weight is 394 g/mol. The number of rotatable bonds is 5. The zero-order valence-corrected chi connectivity index (χ0v) is 17.0. The lowest BCUT2D eigenvalue weighted by molar-refractivity contribution is -0.0272. The number of morpholine rings is 1. The molecule has 1 atom stereocenters. The molecule has 0 amide bonds. The number of anilines is 1. The predicted octanol–water partition coefficient (Wildman–Crippen LogP) is 2.24. The molecule has 29 heavy (non-hydrogen) atoms. The van der Waals surface area contributed by atoms with Crippen LogP contribution < -0.4 is 10.5 Å². The number of nitrogens with two attached hydrogens (primary N) is 1. The van der Waals surface area contributed by atoms with Gasteiger partial charge in [0.15, 0.2) is 5.82 Å². The van der Waals surface area contributed by atoms with Crippen molar-refractivity contribution in [3.05, 3.63) is 42.4 Å². The van der Waals surface area contributed by atoms with Crippen LogP contribution in [0.2, 0.25) is 0 Å². The maximum absolute atomic E-state index is 6.00. The van der Waals surface area contributed by atoms with Crippen LogP contribution >= 0.6 is 0 Å². The third-order valence-electron chi connectivity index (χ3n) is 5.17. The van der Waals surface area contributed by atoms with Gasteiger partial charge >= 0.3 is 0 Å². The summed E-state index contributed by atoms with van der Waals surface area (Å²) < 4.78 is 13.6. The van der Waals surface area contributed by atoms with Gasteiger partial charge in [0.05, 0.1) is 31.9 Å². The second kappa shape index (κ2) is 8.18. The van der Waals surface area contributed by atoms with Gasteiger partial charge in [-0.3, -0.25) is 0 Å². The standard InChI is InChI=1S/C21H26N6O2/c1-14-11-24-20(25-19(14)22)17-10-15(4-5-18(17)28-3)21-23-6-7-27(21)13-16-12-26(2)8-9-29-16/h4-7,10-11,16H,8-9,12-13H2,1-3H3,(H2,22,24,25). The Kier molecular flexibility index (Phi) is 5.46. The number of nitrogen functional groups attached to an aromatic ring is 1. The minimum absolute atomic E-state index is 0.139. The molecule has 3 heterocycles. The monoisotopic (exact) mass is 394 g/mol. The molecule has 2 aromatic heterocycles. The number of methoxy groups -OCH3 is 1. The van der Waals surface area contributed by atoms with E-state index in [1.165, 1.54) is 0 Å². The summed E-state index contributed by atoms with van der Waals surface area (Å²) in [4.78, 5) is 15.7. The summed E-state index contributed by atoms with van der Waals surface area (Å²) in [5, 5.41) is 0. The van der Waals surface area contributed by atoms with Crippen molar-refractivity contribution in [3.8, 4) is 28.5 Å². The van der Waals surface area contributed by atoms with Crippen LogP contribution in [0.25, 0.3) is 22.8 Å². The second-order valence-electron chi connectivity index (χ2n) is 7.34. The number of imidazole rings is 1. The Hall–Kier alpha value is -2.97. The highest BCUT2D eigenvalue weighted by Crippen LogP contribution is 2.32. The molecule has 0 spiro atoms. The van der Waals surface area contributed by atoms with Crippen molar-refractivity contribution in [2.75, 3.05) is 39.6 Å². The fraction of sp³-hybridized carbons (Fsp3) is 0.381. The second-order valence-corrected chi connectivity index (χ2v) is 7.34. The van der Waals surface area contributed by atoms with Gasteiger partial charge in [-0.05, 0) is 32.2 Å². The Morgan fingerprint density at radius 2 is 2.17 bits per heavy atom. The maximum atomic E-state index is 6.00.